The number of imide groups is 1. The van der Waals surface area contributed by atoms with Crippen molar-refractivity contribution in [2.24, 2.45) is 0 Å². The van der Waals surface area contributed by atoms with Crippen LogP contribution in [0.5, 0.6) is 0 Å². The monoisotopic (exact) mass is 429 g/mol. The first-order valence-corrected chi connectivity index (χ1v) is 9.26. The SMILES string of the molecule is Cc1cc(C)cc(NC(=O)CN2C(=O)N[C@@](C)(c3cccc(Br)c3)C2=O)c1. The normalized spacial score (nSPS) is 19.2. The number of hydrogen-bond donors (Lipinski definition) is 2. The largest absolute Gasteiger partial charge is 0.325 e. The first-order valence-electron chi connectivity index (χ1n) is 8.47. The summed E-state index contributed by atoms with van der Waals surface area (Å²) < 4.78 is 0.800. The number of carbonyl (C=O) groups is 3. The smallest absolute Gasteiger partial charge is 0.325 e. The minimum atomic E-state index is -1.21. The van der Waals surface area contributed by atoms with Gasteiger partial charge in [-0.05, 0) is 61.7 Å². The first kappa shape index (κ1) is 19.1. The molecule has 2 aromatic rings. The number of rotatable bonds is 4. The van der Waals surface area contributed by atoms with Crippen molar-refractivity contribution < 1.29 is 14.4 Å². The highest BCUT2D eigenvalue weighted by Crippen LogP contribution is 2.30. The van der Waals surface area contributed by atoms with Crippen LogP contribution in [-0.4, -0.2) is 29.3 Å². The molecule has 0 saturated carbocycles. The lowest BCUT2D eigenvalue weighted by Gasteiger charge is -2.22. The number of amides is 4. The Morgan fingerprint density at radius 2 is 1.81 bits per heavy atom. The third-order valence-corrected chi connectivity index (χ3v) is 4.98. The molecule has 2 N–H and O–H groups in total. The summed E-state index contributed by atoms with van der Waals surface area (Å²) in [5.41, 5.74) is 2.11. The maximum atomic E-state index is 12.9. The van der Waals surface area contributed by atoms with Crippen molar-refractivity contribution in [2.75, 3.05) is 11.9 Å². The fourth-order valence-electron chi connectivity index (χ4n) is 3.23. The van der Waals surface area contributed by atoms with Crippen molar-refractivity contribution in [3.05, 3.63) is 63.6 Å². The molecule has 1 aliphatic rings. The zero-order valence-electron chi connectivity index (χ0n) is 15.3. The zero-order chi connectivity index (χ0) is 19.8. The lowest BCUT2D eigenvalue weighted by molar-refractivity contribution is -0.133. The zero-order valence-corrected chi connectivity index (χ0v) is 16.9. The Morgan fingerprint density at radius 3 is 2.44 bits per heavy atom. The van der Waals surface area contributed by atoms with E-state index in [2.05, 4.69) is 26.6 Å². The van der Waals surface area contributed by atoms with E-state index in [-0.39, 0.29) is 6.54 Å². The summed E-state index contributed by atoms with van der Waals surface area (Å²) in [7, 11) is 0. The van der Waals surface area contributed by atoms with Crippen LogP contribution in [0.4, 0.5) is 10.5 Å². The highest BCUT2D eigenvalue weighted by molar-refractivity contribution is 9.10. The van der Waals surface area contributed by atoms with Gasteiger partial charge < -0.3 is 10.6 Å². The van der Waals surface area contributed by atoms with Crippen LogP contribution in [0.25, 0.3) is 0 Å². The molecule has 1 heterocycles. The average molecular weight is 430 g/mol. The highest BCUT2D eigenvalue weighted by Gasteiger charge is 2.49. The molecule has 140 valence electrons. The lowest BCUT2D eigenvalue weighted by Crippen LogP contribution is -2.42. The summed E-state index contributed by atoms with van der Waals surface area (Å²) in [4.78, 5) is 38.6. The Bertz CT molecular complexity index is 924. The highest BCUT2D eigenvalue weighted by atomic mass is 79.9. The molecule has 0 radical (unpaired) electrons. The Hall–Kier alpha value is -2.67. The average Bonchev–Trinajstić information content (AvgIpc) is 2.78. The number of aryl methyl sites for hydroxylation is 2. The second-order valence-electron chi connectivity index (χ2n) is 6.88. The van der Waals surface area contributed by atoms with Crippen molar-refractivity contribution >= 4 is 39.5 Å². The Morgan fingerprint density at radius 1 is 1.15 bits per heavy atom. The molecule has 7 heteroatoms. The van der Waals surface area contributed by atoms with E-state index in [9.17, 15) is 14.4 Å². The van der Waals surface area contributed by atoms with Crippen molar-refractivity contribution in [3.8, 4) is 0 Å². The second-order valence-corrected chi connectivity index (χ2v) is 7.80. The standard InChI is InChI=1S/C20H20BrN3O3/c1-12-7-13(2)9-16(8-12)22-17(25)11-24-18(26)20(3,23-19(24)27)14-5-4-6-15(21)10-14/h4-10H,11H2,1-3H3,(H,22,25)(H,23,27)/t20-/m0/s1. The van der Waals surface area contributed by atoms with Gasteiger partial charge in [0.15, 0.2) is 0 Å². The molecule has 1 atom stereocenters. The first-order chi connectivity index (χ1) is 12.7. The Labute approximate surface area is 166 Å². The van der Waals surface area contributed by atoms with Gasteiger partial charge in [-0.25, -0.2) is 4.79 Å². The van der Waals surface area contributed by atoms with Crippen molar-refractivity contribution in [3.63, 3.8) is 0 Å². The molecule has 3 rings (SSSR count). The van der Waals surface area contributed by atoms with E-state index in [0.29, 0.717) is 11.3 Å². The molecule has 0 bridgehead atoms. The fraction of sp³-hybridized carbons (Fsp3) is 0.250. The molecule has 0 unspecified atom stereocenters. The summed E-state index contributed by atoms with van der Waals surface area (Å²) in [5, 5.41) is 5.45. The molecule has 27 heavy (non-hydrogen) atoms. The van der Waals surface area contributed by atoms with Crippen LogP contribution in [-0.2, 0) is 15.1 Å². The number of anilines is 1. The van der Waals surface area contributed by atoms with Gasteiger partial charge in [-0.1, -0.05) is 34.1 Å². The number of nitrogens with zero attached hydrogens (tertiary/aromatic N) is 1. The maximum absolute atomic E-state index is 12.9. The number of nitrogens with one attached hydrogen (secondary N) is 2. The van der Waals surface area contributed by atoms with Gasteiger partial charge in [0.1, 0.15) is 12.1 Å². The van der Waals surface area contributed by atoms with Gasteiger partial charge in [-0.15, -0.1) is 0 Å². The van der Waals surface area contributed by atoms with Gasteiger partial charge >= 0.3 is 6.03 Å². The Balaban J connectivity index is 1.76. The van der Waals surface area contributed by atoms with Gasteiger partial charge in [-0.2, -0.15) is 0 Å². The van der Waals surface area contributed by atoms with E-state index in [1.54, 1.807) is 25.1 Å². The molecule has 2 aromatic carbocycles. The second kappa shape index (κ2) is 7.15. The molecule has 0 aliphatic carbocycles. The van der Waals surface area contributed by atoms with Crippen LogP contribution in [0.1, 0.15) is 23.6 Å². The molecule has 1 fully saturated rings. The molecular weight excluding hydrogens is 410 g/mol. The maximum Gasteiger partial charge on any atom is 0.325 e. The quantitative estimate of drug-likeness (QED) is 0.730. The van der Waals surface area contributed by atoms with E-state index in [4.69, 9.17) is 0 Å². The third kappa shape index (κ3) is 3.88. The number of urea groups is 1. The van der Waals surface area contributed by atoms with Crippen LogP contribution in [0, 0.1) is 13.8 Å². The summed E-state index contributed by atoms with van der Waals surface area (Å²) in [6.07, 6.45) is 0. The van der Waals surface area contributed by atoms with E-state index in [1.165, 1.54) is 0 Å². The van der Waals surface area contributed by atoms with Crippen LogP contribution in [0.3, 0.4) is 0 Å². The molecular formula is C20H20BrN3O3. The number of benzene rings is 2. The third-order valence-electron chi connectivity index (χ3n) is 4.48. The predicted octanol–water partition coefficient (Wildman–Crippen LogP) is 3.47. The van der Waals surface area contributed by atoms with E-state index < -0.39 is 23.4 Å². The molecule has 1 saturated heterocycles. The summed E-state index contributed by atoms with van der Waals surface area (Å²) in [6, 6.07) is 12.3. The number of halogens is 1. The molecule has 6 nitrogen and oxygen atoms in total. The molecule has 0 aromatic heterocycles. The predicted molar refractivity (Wildman–Crippen MR) is 106 cm³/mol. The van der Waals surface area contributed by atoms with Gasteiger partial charge in [0.05, 0.1) is 0 Å². The topological polar surface area (TPSA) is 78.5 Å². The van der Waals surface area contributed by atoms with Gasteiger partial charge in [-0.3, -0.25) is 14.5 Å². The van der Waals surface area contributed by atoms with Gasteiger partial charge in [0.2, 0.25) is 5.91 Å². The number of carbonyl (C=O) groups excluding carboxylic acids is 3. The van der Waals surface area contributed by atoms with Crippen molar-refractivity contribution in [1.82, 2.24) is 10.2 Å². The summed E-state index contributed by atoms with van der Waals surface area (Å²) in [5.74, 6) is -0.886. The Kier molecular flexibility index (Phi) is 5.06. The van der Waals surface area contributed by atoms with Crippen LogP contribution in [0.15, 0.2) is 46.9 Å². The van der Waals surface area contributed by atoms with Crippen molar-refractivity contribution in [1.29, 1.82) is 0 Å². The van der Waals surface area contributed by atoms with Crippen LogP contribution in [0.2, 0.25) is 0 Å². The minimum absolute atomic E-state index is 0.346. The minimum Gasteiger partial charge on any atom is -0.325 e. The van der Waals surface area contributed by atoms with Crippen molar-refractivity contribution in [2.45, 2.75) is 26.3 Å². The molecule has 4 amide bonds. The van der Waals surface area contributed by atoms with E-state index in [0.717, 1.165) is 20.5 Å². The summed E-state index contributed by atoms with van der Waals surface area (Å²) >= 11 is 3.37. The van der Waals surface area contributed by atoms with Gasteiger partial charge in [0, 0.05) is 10.2 Å². The molecule has 1 aliphatic heterocycles. The lowest BCUT2D eigenvalue weighted by atomic mass is 9.92. The van der Waals surface area contributed by atoms with Crippen LogP contribution >= 0.6 is 15.9 Å². The molecule has 0 spiro atoms. The van der Waals surface area contributed by atoms with Gasteiger partial charge in [0.25, 0.3) is 5.91 Å². The fourth-order valence-corrected chi connectivity index (χ4v) is 3.63. The van der Waals surface area contributed by atoms with Crippen LogP contribution < -0.4 is 10.6 Å². The van der Waals surface area contributed by atoms with E-state index >= 15 is 0 Å². The number of hydrogen-bond acceptors (Lipinski definition) is 3. The summed E-state index contributed by atoms with van der Waals surface area (Å²) in [6.45, 7) is 5.16. The van der Waals surface area contributed by atoms with E-state index in [1.807, 2.05) is 38.1 Å².